The third-order valence-corrected chi connectivity index (χ3v) is 4.45. The van der Waals surface area contributed by atoms with Crippen LogP contribution >= 0.6 is 0 Å². The summed E-state index contributed by atoms with van der Waals surface area (Å²) in [5.74, 6) is 0.194. The number of hydrogen-bond donors (Lipinski definition) is 1. The first-order chi connectivity index (χ1) is 13.4. The predicted octanol–water partition coefficient (Wildman–Crippen LogP) is 2.01. The Balaban J connectivity index is 1.89. The molecular weight excluding hydrogens is 360 g/mol. The number of hydrogen-bond acceptors (Lipinski definition) is 6. The second kappa shape index (κ2) is 8.13. The SMILES string of the molecule is CC(C)Oc1cc2c(O[C@@H]3CCN(C(=O)CC#N)C3)ccnc2cc1C(N)=O. The number of carbonyl (C=O) groups excluding carboxylic acids is 2. The van der Waals surface area contributed by atoms with Crippen molar-refractivity contribution in [1.29, 1.82) is 5.26 Å². The number of amides is 2. The van der Waals surface area contributed by atoms with Crippen LogP contribution in [-0.4, -0.2) is 47.0 Å². The van der Waals surface area contributed by atoms with Crippen molar-refractivity contribution in [3.63, 3.8) is 0 Å². The van der Waals surface area contributed by atoms with Crippen molar-refractivity contribution in [3.05, 3.63) is 30.0 Å². The van der Waals surface area contributed by atoms with E-state index in [4.69, 9.17) is 20.5 Å². The molecule has 2 N–H and O–H groups in total. The van der Waals surface area contributed by atoms with E-state index in [0.29, 0.717) is 41.9 Å². The van der Waals surface area contributed by atoms with Gasteiger partial charge in [0, 0.05) is 24.5 Å². The van der Waals surface area contributed by atoms with Gasteiger partial charge in [0.1, 0.15) is 24.0 Å². The van der Waals surface area contributed by atoms with Gasteiger partial charge < -0.3 is 20.1 Å². The third-order valence-electron chi connectivity index (χ3n) is 4.45. The van der Waals surface area contributed by atoms with Crippen LogP contribution in [0.3, 0.4) is 0 Å². The summed E-state index contributed by atoms with van der Waals surface area (Å²) in [6.07, 6.45) is 1.83. The number of nitriles is 1. The molecule has 1 atom stereocenters. The maximum absolute atomic E-state index is 11.9. The summed E-state index contributed by atoms with van der Waals surface area (Å²) in [6, 6.07) is 6.93. The highest BCUT2D eigenvalue weighted by Gasteiger charge is 2.28. The first-order valence-corrected chi connectivity index (χ1v) is 9.09. The van der Waals surface area contributed by atoms with Gasteiger partial charge in [0.2, 0.25) is 5.91 Å². The number of rotatable bonds is 6. The number of fused-ring (bicyclic) bond motifs is 1. The van der Waals surface area contributed by atoms with Crippen molar-refractivity contribution in [2.24, 2.45) is 5.73 Å². The number of benzene rings is 1. The molecule has 8 nitrogen and oxygen atoms in total. The minimum Gasteiger partial charge on any atom is -0.490 e. The molecule has 1 aliphatic heterocycles. The Kier molecular flexibility index (Phi) is 5.64. The lowest BCUT2D eigenvalue weighted by atomic mass is 10.1. The lowest BCUT2D eigenvalue weighted by Crippen LogP contribution is -2.30. The topological polar surface area (TPSA) is 119 Å². The summed E-state index contributed by atoms with van der Waals surface area (Å²) in [5.41, 5.74) is 6.31. The zero-order valence-electron chi connectivity index (χ0n) is 15.8. The Morgan fingerprint density at radius 3 is 2.86 bits per heavy atom. The number of nitrogens with zero attached hydrogens (tertiary/aromatic N) is 3. The summed E-state index contributed by atoms with van der Waals surface area (Å²) in [7, 11) is 0. The largest absolute Gasteiger partial charge is 0.490 e. The number of pyridine rings is 1. The van der Waals surface area contributed by atoms with Crippen LogP contribution in [0, 0.1) is 11.3 Å². The van der Waals surface area contributed by atoms with Gasteiger partial charge in [-0.1, -0.05) is 0 Å². The molecule has 0 unspecified atom stereocenters. The molecule has 2 heterocycles. The average molecular weight is 382 g/mol. The number of aromatic nitrogens is 1. The normalized spacial score (nSPS) is 16.2. The maximum atomic E-state index is 11.9. The smallest absolute Gasteiger partial charge is 0.252 e. The maximum Gasteiger partial charge on any atom is 0.252 e. The highest BCUT2D eigenvalue weighted by atomic mass is 16.5. The van der Waals surface area contributed by atoms with Crippen molar-refractivity contribution >= 4 is 22.7 Å². The molecule has 1 aromatic carbocycles. The summed E-state index contributed by atoms with van der Waals surface area (Å²) in [5, 5.41) is 9.38. The van der Waals surface area contributed by atoms with Crippen molar-refractivity contribution in [2.75, 3.05) is 13.1 Å². The van der Waals surface area contributed by atoms with Crippen LogP contribution in [0.15, 0.2) is 24.4 Å². The second-order valence-corrected chi connectivity index (χ2v) is 6.91. The number of primary amides is 1. The van der Waals surface area contributed by atoms with Crippen LogP contribution < -0.4 is 15.2 Å². The number of ether oxygens (including phenoxy) is 2. The summed E-state index contributed by atoms with van der Waals surface area (Å²) in [6.45, 7) is 4.71. The molecule has 0 bridgehead atoms. The first-order valence-electron chi connectivity index (χ1n) is 9.09. The molecule has 8 heteroatoms. The van der Waals surface area contributed by atoms with Gasteiger partial charge in [0.25, 0.3) is 5.91 Å². The summed E-state index contributed by atoms with van der Waals surface area (Å²) < 4.78 is 11.9. The number of likely N-dealkylation sites (tertiary alicyclic amines) is 1. The van der Waals surface area contributed by atoms with E-state index in [-0.39, 0.29) is 30.1 Å². The summed E-state index contributed by atoms with van der Waals surface area (Å²) in [4.78, 5) is 29.6. The predicted molar refractivity (Wildman–Crippen MR) is 102 cm³/mol. The standard InChI is InChI=1S/C20H22N4O4/c1-12(2)27-18-10-14-16(9-15(18)20(22)26)23-7-4-17(14)28-13-5-8-24(11-13)19(25)3-6-21/h4,7,9-10,12-13H,3,5,8,11H2,1-2H3,(H2,22,26)/t13-/m1/s1. The van der Waals surface area contributed by atoms with Gasteiger partial charge in [-0.2, -0.15) is 5.26 Å². The molecule has 1 aliphatic rings. The fourth-order valence-electron chi connectivity index (χ4n) is 3.20. The van der Waals surface area contributed by atoms with E-state index in [1.54, 1.807) is 29.3 Å². The molecule has 2 amide bonds. The van der Waals surface area contributed by atoms with Crippen LogP contribution in [0.25, 0.3) is 10.9 Å². The van der Waals surface area contributed by atoms with E-state index in [1.165, 1.54) is 0 Å². The third kappa shape index (κ3) is 4.14. The van der Waals surface area contributed by atoms with E-state index in [2.05, 4.69) is 4.98 Å². The number of nitrogens with two attached hydrogens (primary N) is 1. The lowest BCUT2D eigenvalue weighted by Gasteiger charge is -2.18. The zero-order chi connectivity index (χ0) is 20.3. The van der Waals surface area contributed by atoms with Gasteiger partial charge in [-0.05, 0) is 32.0 Å². The monoisotopic (exact) mass is 382 g/mol. The number of carbonyl (C=O) groups is 2. The Bertz CT molecular complexity index is 951. The van der Waals surface area contributed by atoms with E-state index in [9.17, 15) is 9.59 Å². The fraction of sp³-hybridized carbons (Fsp3) is 0.400. The molecule has 0 aliphatic carbocycles. The fourth-order valence-corrected chi connectivity index (χ4v) is 3.20. The Labute approximate surface area is 162 Å². The van der Waals surface area contributed by atoms with Crippen LogP contribution in [0.5, 0.6) is 11.5 Å². The van der Waals surface area contributed by atoms with Crippen molar-refractivity contribution in [3.8, 4) is 17.6 Å². The van der Waals surface area contributed by atoms with Gasteiger partial charge in [0.15, 0.2) is 0 Å². The minimum absolute atomic E-state index is 0.128. The van der Waals surface area contributed by atoms with Crippen LogP contribution in [0.4, 0.5) is 0 Å². The quantitative estimate of drug-likeness (QED) is 0.816. The molecule has 0 spiro atoms. The van der Waals surface area contributed by atoms with Crippen molar-refractivity contribution in [1.82, 2.24) is 9.88 Å². The molecule has 0 radical (unpaired) electrons. The van der Waals surface area contributed by atoms with Gasteiger partial charge >= 0.3 is 0 Å². The van der Waals surface area contributed by atoms with Crippen molar-refractivity contribution in [2.45, 2.75) is 38.9 Å². The van der Waals surface area contributed by atoms with Crippen LogP contribution in [-0.2, 0) is 4.79 Å². The van der Waals surface area contributed by atoms with E-state index >= 15 is 0 Å². The minimum atomic E-state index is -0.590. The zero-order valence-corrected chi connectivity index (χ0v) is 15.8. The second-order valence-electron chi connectivity index (χ2n) is 6.91. The average Bonchev–Trinajstić information content (AvgIpc) is 3.10. The van der Waals surface area contributed by atoms with Gasteiger partial charge in [-0.25, -0.2) is 0 Å². The summed E-state index contributed by atoms with van der Waals surface area (Å²) >= 11 is 0. The Morgan fingerprint density at radius 1 is 1.39 bits per heavy atom. The molecule has 1 saturated heterocycles. The van der Waals surface area contributed by atoms with Gasteiger partial charge in [-0.3, -0.25) is 14.6 Å². The van der Waals surface area contributed by atoms with Crippen molar-refractivity contribution < 1.29 is 19.1 Å². The van der Waals surface area contributed by atoms with E-state index < -0.39 is 5.91 Å². The van der Waals surface area contributed by atoms with Gasteiger partial charge in [-0.15, -0.1) is 0 Å². The van der Waals surface area contributed by atoms with E-state index in [0.717, 1.165) is 0 Å². The molecular formula is C20H22N4O4. The van der Waals surface area contributed by atoms with E-state index in [1.807, 2.05) is 19.9 Å². The molecule has 146 valence electrons. The van der Waals surface area contributed by atoms with Crippen LogP contribution in [0.2, 0.25) is 0 Å². The van der Waals surface area contributed by atoms with Gasteiger partial charge in [0.05, 0.1) is 29.8 Å². The molecule has 0 saturated carbocycles. The lowest BCUT2D eigenvalue weighted by molar-refractivity contribution is -0.129. The van der Waals surface area contributed by atoms with Crippen LogP contribution in [0.1, 0.15) is 37.0 Å². The highest BCUT2D eigenvalue weighted by molar-refractivity contribution is 6.01. The molecule has 1 fully saturated rings. The first kappa shape index (κ1) is 19.4. The Morgan fingerprint density at radius 2 is 2.18 bits per heavy atom. The molecule has 3 rings (SSSR count). The molecule has 1 aromatic heterocycles. The molecule has 28 heavy (non-hydrogen) atoms. The molecule has 2 aromatic rings. The highest BCUT2D eigenvalue weighted by Crippen LogP contribution is 2.32. The Hall–Kier alpha value is -3.34.